The van der Waals surface area contributed by atoms with E-state index in [-0.39, 0.29) is 11.5 Å². The molecule has 3 rings (SSSR count). The van der Waals surface area contributed by atoms with Gasteiger partial charge in [-0.2, -0.15) is 0 Å². The van der Waals surface area contributed by atoms with Crippen molar-refractivity contribution in [2.75, 3.05) is 12.3 Å². The second-order valence-electron chi connectivity index (χ2n) is 5.57. The van der Waals surface area contributed by atoms with Crippen LogP contribution in [-0.4, -0.2) is 27.6 Å². The van der Waals surface area contributed by atoms with E-state index in [0.717, 1.165) is 12.8 Å². The van der Waals surface area contributed by atoms with Gasteiger partial charge >= 0.3 is 0 Å². The highest BCUT2D eigenvalue weighted by Crippen LogP contribution is 2.12. The van der Waals surface area contributed by atoms with Crippen molar-refractivity contribution in [3.63, 3.8) is 0 Å². The molecule has 2 heterocycles. The zero-order valence-electron chi connectivity index (χ0n) is 13.7. The van der Waals surface area contributed by atoms with Gasteiger partial charge in [-0.05, 0) is 18.4 Å². The third kappa shape index (κ3) is 5.17. The first kappa shape index (κ1) is 17.7. The molecule has 0 radical (unpaired) electrons. The molecule has 130 valence electrons. The van der Waals surface area contributed by atoms with Crippen LogP contribution in [0.1, 0.15) is 17.7 Å². The van der Waals surface area contributed by atoms with Gasteiger partial charge in [-0.25, -0.2) is 4.98 Å². The van der Waals surface area contributed by atoms with Gasteiger partial charge in [-0.15, -0.1) is 23.1 Å². The van der Waals surface area contributed by atoms with Gasteiger partial charge in [0.15, 0.2) is 4.96 Å². The summed E-state index contributed by atoms with van der Waals surface area (Å²) in [5, 5.41) is 4.77. The summed E-state index contributed by atoms with van der Waals surface area (Å²) in [6.45, 7) is 0.676. The molecule has 25 heavy (non-hydrogen) atoms. The van der Waals surface area contributed by atoms with Crippen LogP contribution in [0.3, 0.4) is 0 Å². The number of amides is 1. The van der Waals surface area contributed by atoms with E-state index in [1.807, 2.05) is 23.6 Å². The van der Waals surface area contributed by atoms with Crippen LogP contribution in [0.25, 0.3) is 4.96 Å². The quantitative estimate of drug-likeness (QED) is 0.617. The Balaban J connectivity index is 1.36. The first-order valence-electron chi connectivity index (χ1n) is 8.06. The number of carbonyl (C=O) groups excluding carboxylic acids is 1. The van der Waals surface area contributed by atoms with E-state index in [4.69, 9.17) is 0 Å². The molecule has 0 saturated carbocycles. The fourth-order valence-electron chi connectivity index (χ4n) is 2.43. The number of thioether (sulfide) groups is 1. The number of aromatic nitrogens is 2. The van der Waals surface area contributed by atoms with Gasteiger partial charge in [-0.3, -0.25) is 14.0 Å². The molecule has 0 fully saturated rings. The Morgan fingerprint density at radius 1 is 1.28 bits per heavy atom. The van der Waals surface area contributed by atoms with Crippen LogP contribution in [0.15, 0.2) is 52.8 Å². The molecule has 2 aromatic heterocycles. The number of hydrogen-bond acceptors (Lipinski definition) is 5. The minimum atomic E-state index is -0.0767. The van der Waals surface area contributed by atoms with Crippen molar-refractivity contribution < 1.29 is 4.79 Å². The molecule has 0 spiro atoms. The van der Waals surface area contributed by atoms with Gasteiger partial charge < -0.3 is 5.32 Å². The number of thiazole rings is 1. The van der Waals surface area contributed by atoms with Crippen LogP contribution in [0, 0.1) is 0 Å². The second-order valence-corrected chi connectivity index (χ2v) is 7.43. The van der Waals surface area contributed by atoms with Crippen LogP contribution >= 0.6 is 23.1 Å². The molecule has 1 N–H and O–H groups in total. The normalized spacial score (nSPS) is 10.9. The summed E-state index contributed by atoms with van der Waals surface area (Å²) < 4.78 is 1.53. The van der Waals surface area contributed by atoms with E-state index in [9.17, 15) is 9.59 Å². The summed E-state index contributed by atoms with van der Waals surface area (Å²) in [7, 11) is 0. The monoisotopic (exact) mass is 373 g/mol. The number of carbonyl (C=O) groups is 1. The topological polar surface area (TPSA) is 63.5 Å². The van der Waals surface area contributed by atoms with Crippen molar-refractivity contribution >= 4 is 34.0 Å². The van der Waals surface area contributed by atoms with Crippen molar-refractivity contribution in [1.82, 2.24) is 14.7 Å². The lowest BCUT2D eigenvalue weighted by Gasteiger charge is -2.05. The number of rotatable bonds is 8. The summed E-state index contributed by atoms with van der Waals surface area (Å²) in [5.41, 5.74) is 1.92. The molecule has 0 aliphatic carbocycles. The maximum atomic E-state index is 11.9. The lowest BCUT2D eigenvalue weighted by molar-refractivity contribution is -0.118. The highest BCUT2D eigenvalue weighted by atomic mass is 32.2. The minimum Gasteiger partial charge on any atom is -0.355 e. The van der Waals surface area contributed by atoms with Crippen LogP contribution in [0.5, 0.6) is 0 Å². The summed E-state index contributed by atoms with van der Waals surface area (Å²) in [6, 6.07) is 11.8. The molecule has 1 aromatic carbocycles. The molecule has 0 atom stereocenters. The van der Waals surface area contributed by atoms with E-state index in [2.05, 4.69) is 22.4 Å². The molecular weight excluding hydrogens is 354 g/mol. The van der Waals surface area contributed by atoms with Gasteiger partial charge in [0.1, 0.15) is 0 Å². The Kier molecular flexibility index (Phi) is 6.25. The number of fused-ring (bicyclic) bond motifs is 1. The minimum absolute atomic E-state index is 0.0204. The number of hydrogen-bond donors (Lipinski definition) is 1. The van der Waals surface area contributed by atoms with Gasteiger partial charge in [0, 0.05) is 29.9 Å². The van der Waals surface area contributed by atoms with Gasteiger partial charge in [0.2, 0.25) is 5.91 Å². The fraction of sp³-hybridized carbons (Fsp3) is 0.278. The molecule has 0 aliphatic heterocycles. The van der Waals surface area contributed by atoms with Crippen LogP contribution < -0.4 is 10.9 Å². The van der Waals surface area contributed by atoms with Gasteiger partial charge in [0.25, 0.3) is 5.56 Å². The van der Waals surface area contributed by atoms with Gasteiger partial charge in [0.05, 0.1) is 11.4 Å². The van der Waals surface area contributed by atoms with Crippen molar-refractivity contribution in [2.45, 2.75) is 18.6 Å². The predicted octanol–water partition coefficient (Wildman–Crippen LogP) is 2.74. The molecule has 0 bridgehead atoms. The maximum Gasteiger partial charge on any atom is 0.258 e. The second kappa shape index (κ2) is 8.82. The molecule has 0 unspecified atom stereocenters. The van der Waals surface area contributed by atoms with E-state index in [1.165, 1.54) is 39.1 Å². The Morgan fingerprint density at radius 2 is 2.12 bits per heavy atom. The summed E-state index contributed by atoms with van der Waals surface area (Å²) in [5.74, 6) is 0.949. The van der Waals surface area contributed by atoms with E-state index >= 15 is 0 Å². The fourth-order valence-corrected chi connectivity index (χ4v) is 3.91. The number of nitrogens with zero attached hydrogens (tertiary/aromatic N) is 2. The molecule has 7 heteroatoms. The summed E-state index contributed by atoms with van der Waals surface area (Å²) in [6.07, 6.45) is 3.60. The predicted molar refractivity (Wildman–Crippen MR) is 103 cm³/mol. The van der Waals surface area contributed by atoms with E-state index in [1.54, 1.807) is 6.20 Å². The molecule has 0 saturated heterocycles. The average Bonchev–Trinajstić information content (AvgIpc) is 3.09. The molecular formula is C18H19N3O2S2. The van der Waals surface area contributed by atoms with Crippen molar-refractivity contribution in [3.05, 3.63) is 69.6 Å². The number of benzene rings is 1. The molecule has 1 amide bonds. The Morgan fingerprint density at radius 3 is 2.96 bits per heavy atom. The Labute approximate surface area is 154 Å². The first-order chi connectivity index (χ1) is 12.2. The third-order valence-corrected chi connectivity index (χ3v) is 5.37. The maximum absolute atomic E-state index is 11.9. The largest absolute Gasteiger partial charge is 0.355 e. The van der Waals surface area contributed by atoms with E-state index < -0.39 is 0 Å². The smallest absolute Gasteiger partial charge is 0.258 e. The zero-order valence-corrected chi connectivity index (χ0v) is 15.3. The number of nitrogens with one attached hydrogen (secondary N) is 1. The van der Waals surface area contributed by atoms with Crippen LogP contribution in [0.4, 0.5) is 0 Å². The van der Waals surface area contributed by atoms with Crippen molar-refractivity contribution in [1.29, 1.82) is 0 Å². The Hall–Kier alpha value is -2.12. The lowest BCUT2D eigenvalue weighted by atomic mass is 10.1. The Bertz CT molecular complexity index is 890. The third-order valence-electron chi connectivity index (χ3n) is 3.65. The summed E-state index contributed by atoms with van der Waals surface area (Å²) in [4.78, 5) is 28.9. The lowest BCUT2D eigenvalue weighted by Crippen LogP contribution is -2.26. The molecule has 0 aliphatic rings. The van der Waals surface area contributed by atoms with Crippen molar-refractivity contribution in [3.8, 4) is 0 Å². The average molecular weight is 374 g/mol. The first-order valence-corrected chi connectivity index (χ1v) is 10.1. The highest BCUT2D eigenvalue weighted by molar-refractivity contribution is 7.99. The van der Waals surface area contributed by atoms with E-state index in [0.29, 0.717) is 28.7 Å². The molecule has 3 aromatic rings. The highest BCUT2D eigenvalue weighted by Gasteiger charge is 2.06. The SMILES string of the molecule is O=C(CSCc1cc(=O)n2ccsc2n1)NCCCc1ccccc1. The zero-order chi connectivity index (χ0) is 17.5. The van der Waals surface area contributed by atoms with Gasteiger partial charge in [-0.1, -0.05) is 30.3 Å². The van der Waals surface area contributed by atoms with Crippen molar-refractivity contribution in [2.24, 2.45) is 0 Å². The van der Waals surface area contributed by atoms with Crippen LogP contribution in [-0.2, 0) is 17.0 Å². The summed E-state index contributed by atoms with van der Waals surface area (Å²) >= 11 is 2.90. The van der Waals surface area contributed by atoms with Crippen LogP contribution in [0.2, 0.25) is 0 Å². The number of aryl methyl sites for hydroxylation is 1. The molecule has 5 nitrogen and oxygen atoms in total. The standard InChI is InChI=1S/C18H19N3O2S2/c22-16(19-8-4-7-14-5-2-1-3-6-14)13-24-12-15-11-17(23)21-9-10-25-18(21)20-15/h1-3,5-6,9-11H,4,7-8,12-13H2,(H,19,22).